The highest BCUT2D eigenvalue weighted by Crippen LogP contribution is 2.10. The van der Waals surface area contributed by atoms with Crippen molar-refractivity contribution in [1.82, 2.24) is 15.6 Å². The first-order valence-electron chi connectivity index (χ1n) is 6.98. The highest BCUT2D eigenvalue weighted by molar-refractivity contribution is 14.0. The standard InChI is InChI=1S/C15H20N4OS2.HI/c1-12-10-18-14(21-12)11-19-15(16-2)17-8-9-22(20)13-6-4-3-5-7-13;/h3-7,10H,8-9,11H2,1-2H3,(H2,16,17,19);1H. The van der Waals surface area contributed by atoms with Crippen LogP contribution in [0, 0.1) is 6.92 Å². The number of nitrogens with zero attached hydrogens (tertiary/aromatic N) is 2. The maximum absolute atomic E-state index is 12.1. The van der Waals surface area contributed by atoms with Crippen LogP contribution < -0.4 is 10.6 Å². The molecule has 2 rings (SSSR count). The third-order valence-electron chi connectivity index (χ3n) is 2.89. The molecule has 0 amide bonds. The van der Waals surface area contributed by atoms with Crippen molar-refractivity contribution < 1.29 is 4.21 Å². The zero-order chi connectivity index (χ0) is 15.8. The first kappa shape index (κ1) is 20.0. The lowest BCUT2D eigenvalue weighted by atomic mass is 10.4. The summed E-state index contributed by atoms with van der Waals surface area (Å²) in [6.07, 6.45) is 1.86. The molecule has 2 N–H and O–H groups in total. The second-order valence-electron chi connectivity index (χ2n) is 4.58. The van der Waals surface area contributed by atoms with Crippen molar-refractivity contribution in [3.05, 3.63) is 46.4 Å². The van der Waals surface area contributed by atoms with Gasteiger partial charge < -0.3 is 10.6 Å². The van der Waals surface area contributed by atoms with Gasteiger partial charge in [0.1, 0.15) is 5.01 Å². The Hall–Kier alpha value is -1.00. The van der Waals surface area contributed by atoms with E-state index in [1.165, 1.54) is 4.88 Å². The Morgan fingerprint density at radius 1 is 1.30 bits per heavy atom. The number of aliphatic imine (C=N–C) groups is 1. The van der Waals surface area contributed by atoms with Gasteiger partial charge in [0, 0.05) is 35.3 Å². The van der Waals surface area contributed by atoms with Gasteiger partial charge in [0.05, 0.1) is 17.3 Å². The smallest absolute Gasteiger partial charge is 0.191 e. The fourth-order valence-corrected chi connectivity index (χ4v) is 3.53. The predicted octanol–water partition coefficient (Wildman–Crippen LogP) is 2.54. The van der Waals surface area contributed by atoms with Crippen molar-refractivity contribution in [1.29, 1.82) is 0 Å². The molecule has 1 atom stereocenters. The predicted molar refractivity (Wildman–Crippen MR) is 108 cm³/mol. The number of rotatable bonds is 6. The molecule has 0 spiro atoms. The summed E-state index contributed by atoms with van der Waals surface area (Å²) in [5, 5.41) is 7.39. The second kappa shape index (κ2) is 10.7. The highest BCUT2D eigenvalue weighted by atomic mass is 127. The van der Waals surface area contributed by atoms with Crippen molar-refractivity contribution in [3.8, 4) is 0 Å². The molecule has 23 heavy (non-hydrogen) atoms. The largest absolute Gasteiger partial charge is 0.355 e. The molecule has 126 valence electrons. The molecule has 1 unspecified atom stereocenters. The molecule has 0 aliphatic rings. The molecule has 1 heterocycles. The summed E-state index contributed by atoms with van der Waals surface area (Å²) in [4.78, 5) is 10.5. The summed E-state index contributed by atoms with van der Waals surface area (Å²) in [6.45, 7) is 3.27. The number of thiazole rings is 1. The Kier molecular flexibility index (Phi) is 9.34. The van der Waals surface area contributed by atoms with Gasteiger partial charge in [-0.1, -0.05) is 18.2 Å². The summed E-state index contributed by atoms with van der Waals surface area (Å²) in [7, 11) is 0.725. The van der Waals surface area contributed by atoms with Crippen LogP contribution in [0.15, 0.2) is 46.4 Å². The Bertz CT molecular complexity index is 646. The number of hydrogen-bond acceptors (Lipinski definition) is 4. The van der Waals surface area contributed by atoms with Crippen molar-refractivity contribution in [2.45, 2.75) is 18.4 Å². The molecular formula is C15H21IN4OS2. The molecular weight excluding hydrogens is 443 g/mol. The summed E-state index contributed by atoms with van der Waals surface area (Å²) in [5.74, 6) is 1.24. The van der Waals surface area contributed by atoms with E-state index in [4.69, 9.17) is 0 Å². The molecule has 5 nitrogen and oxygen atoms in total. The molecule has 0 saturated carbocycles. The number of hydrogen-bond donors (Lipinski definition) is 2. The SMILES string of the molecule is CN=C(NCCS(=O)c1ccccc1)NCc1ncc(C)s1.I. The number of guanidine groups is 1. The van der Waals surface area contributed by atoms with E-state index in [-0.39, 0.29) is 24.0 Å². The summed E-state index contributed by atoms with van der Waals surface area (Å²) < 4.78 is 12.1. The molecule has 0 radical (unpaired) electrons. The maximum Gasteiger partial charge on any atom is 0.191 e. The minimum absolute atomic E-state index is 0. The van der Waals surface area contributed by atoms with Crippen LogP contribution >= 0.6 is 35.3 Å². The van der Waals surface area contributed by atoms with Crippen LogP contribution in [0.1, 0.15) is 9.88 Å². The van der Waals surface area contributed by atoms with E-state index in [9.17, 15) is 4.21 Å². The number of nitrogens with one attached hydrogen (secondary N) is 2. The van der Waals surface area contributed by atoms with Gasteiger partial charge in [-0.3, -0.25) is 9.20 Å². The molecule has 8 heteroatoms. The fourth-order valence-electron chi connectivity index (χ4n) is 1.82. The Morgan fingerprint density at radius 3 is 2.65 bits per heavy atom. The number of aryl methyl sites for hydroxylation is 1. The second-order valence-corrected chi connectivity index (χ2v) is 7.47. The van der Waals surface area contributed by atoms with Crippen molar-refractivity contribution >= 4 is 52.1 Å². The number of aromatic nitrogens is 1. The van der Waals surface area contributed by atoms with E-state index in [0.29, 0.717) is 24.8 Å². The van der Waals surface area contributed by atoms with Crippen LogP contribution in [0.3, 0.4) is 0 Å². The highest BCUT2D eigenvalue weighted by Gasteiger charge is 2.04. The van der Waals surface area contributed by atoms with Gasteiger partial charge in [-0.15, -0.1) is 35.3 Å². The van der Waals surface area contributed by atoms with Crippen LogP contribution in [-0.4, -0.2) is 34.5 Å². The van der Waals surface area contributed by atoms with Gasteiger partial charge in [0.15, 0.2) is 5.96 Å². The third kappa shape index (κ3) is 6.96. The molecule has 1 aromatic carbocycles. The first-order valence-corrected chi connectivity index (χ1v) is 9.12. The van der Waals surface area contributed by atoms with E-state index in [2.05, 4.69) is 20.6 Å². The first-order chi connectivity index (χ1) is 10.7. The topological polar surface area (TPSA) is 66.4 Å². The Morgan fingerprint density at radius 2 is 2.04 bits per heavy atom. The van der Waals surface area contributed by atoms with Crippen LogP contribution in [-0.2, 0) is 17.3 Å². The molecule has 0 saturated heterocycles. The summed E-state index contributed by atoms with van der Waals surface area (Å²) in [6, 6.07) is 9.49. The molecule has 0 aliphatic carbocycles. The number of halogens is 1. The van der Waals surface area contributed by atoms with Gasteiger partial charge >= 0.3 is 0 Å². The average molecular weight is 464 g/mol. The molecule has 1 aromatic heterocycles. The van der Waals surface area contributed by atoms with E-state index in [1.807, 2.05) is 43.5 Å². The van der Waals surface area contributed by atoms with Crippen molar-refractivity contribution in [2.75, 3.05) is 19.3 Å². The summed E-state index contributed by atoms with van der Waals surface area (Å²) in [5.41, 5.74) is 0. The van der Waals surface area contributed by atoms with Crippen LogP contribution in [0.5, 0.6) is 0 Å². The minimum atomic E-state index is -0.994. The van der Waals surface area contributed by atoms with Crippen molar-refractivity contribution in [3.63, 3.8) is 0 Å². The average Bonchev–Trinajstić information content (AvgIpc) is 2.96. The van der Waals surface area contributed by atoms with Gasteiger partial charge in [-0.25, -0.2) is 4.98 Å². The van der Waals surface area contributed by atoms with Gasteiger partial charge in [0.2, 0.25) is 0 Å². The molecule has 2 aromatic rings. The monoisotopic (exact) mass is 464 g/mol. The van der Waals surface area contributed by atoms with Crippen LogP contribution in [0.2, 0.25) is 0 Å². The maximum atomic E-state index is 12.1. The van der Waals surface area contributed by atoms with E-state index < -0.39 is 10.8 Å². The lowest BCUT2D eigenvalue weighted by Gasteiger charge is -2.10. The van der Waals surface area contributed by atoms with E-state index >= 15 is 0 Å². The fraction of sp³-hybridized carbons (Fsp3) is 0.333. The Labute approximate surface area is 160 Å². The van der Waals surface area contributed by atoms with Gasteiger partial charge in [0.25, 0.3) is 0 Å². The Balaban J connectivity index is 0.00000264. The lowest BCUT2D eigenvalue weighted by Crippen LogP contribution is -2.38. The van der Waals surface area contributed by atoms with E-state index in [0.717, 1.165) is 9.90 Å². The van der Waals surface area contributed by atoms with Crippen LogP contribution in [0.4, 0.5) is 0 Å². The van der Waals surface area contributed by atoms with Gasteiger partial charge in [-0.05, 0) is 19.1 Å². The van der Waals surface area contributed by atoms with E-state index in [1.54, 1.807) is 18.4 Å². The zero-order valence-corrected chi connectivity index (χ0v) is 17.1. The van der Waals surface area contributed by atoms with Crippen molar-refractivity contribution in [2.24, 2.45) is 4.99 Å². The quantitative estimate of drug-likeness (QED) is 0.392. The summed E-state index contributed by atoms with van der Waals surface area (Å²) >= 11 is 1.66. The minimum Gasteiger partial charge on any atom is -0.355 e. The normalized spacial score (nSPS) is 12.3. The molecule has 0 fully saturated rings. The number of benzene rings is 1. The third-order valence-corrected chi connectivity index (χ3v) is 5.17. The van der Waals surface area contributed by atoms with Crippen LogP contribution in [0.25, 0.3) is 0 Å². The molecule has 0 aliphatic heterocycles. The molecule has 0 bridgehead atoms. The van der Waals surface area contributed by atoms with Gasteiger partial charge in [-0.2, -0.15) is 0 Å². The lowest BCUT2D eigenvalue weighted by molar-refractivity contribution is 0.681. The zero-order valence-electron chi connectivity index (χ0n) is 13.1.